The quantitative estimate of drug-likeness (QED) is 0.887. The molecule has 2 aromatic rings. The molecule has 2 rings (SSSR count). The van der Waals surface area contributed by atoms with Gasteiger partial charge in [0.2, 0.25) is 5.13 Å². The van der Waals surface area contributed by atoms with Gasteiger partial charge in [0.1, 0.15) is 0 Å². The van der Waals surface area contributed by atoms with Crippen LogP contribution in [0.5, 0.6) is 0 Å². The lowest BCUT2D eigenvalue weighted by molar-refractivity contribution is 0.633. The molecule has 0 radical (unpaired) electrons. The first-order valence-electron chi connectivity index (χ1n) is 5.48. The summed E-state index contributed by atoms with van der Waals surface area (Å²) < 4.78 is 4.37. The van der Waals surface area contributed by atoms with Crippen molar-refractivity contribution in [3.8, 4) is 11.4 Å². The summed E-state index contributed by atoms with van der Waals surface area (Å²) in [5, 5.41) is 4.17. The molecule has 0 amide bonds. The molecule has 90 valence electrons. The molecule has 0 atom stereocenters. The second-order valence-corrected chi connectivity index (χ2v) is 5.74. The van der Waals surface area contributed by atoms with Crippen LogP contribution >= 0.6 is 11.5 Å². The average molecular weight is 248 g/mol. The zero-order valence-electron chi connectivity index (χ0n) is 10.5. The zero-order valence-corrected chi connectivity index (χ0v) is 11.3. The fraction of sp³-hybridized carbons (Fsp3) is 0.417. The van der Waals surface area contributed by atoms with Gasteiger partial charge in [-0.15, -0.1) is 0 Å². The van der Waals surface area contributed by atoms with Gasteiger partial charge in [0.05, 0.1) is 0 Å². The highest BCUT2D eigenvalue weighted by Gasteiger charge is 2.14. The van der Waals surface area contributed by atoms with Crippen molar-refractivity contribution in [2.45, 2.75) is 33.2 Å². The molecule has 17 heavy (non-hydrogen) atoms. The Morgan fingerprint density at radius 2 is 2.06 bits per heavy atom. The predicted molar refractivity (Wildman–Crippen MR) is 71.3 cm³/mol. The molecule has 5 heteroatoms. The number of nitrogens with one attached hydrogen (secondary N) is 1. The molecular weight excluding hydrogens is 232 g/mol. The van der Waals surface area contributed by atoms with Gasteiger partial charge < -0.3 is 5.32 Å². The fourth-order valence-corrected chi connectivity index (χ4v) is 2.22. The highest BCUT2D eigenvalue weighted by Crippen LogP contribution is 2.24. The Morgan fingerprint density at radius 3 is 2.71 bits per heavy atom. The summed E-state index contributed by atoms with van der Waals surface area (Å²) in [4.78, 5) is 8.56. The fourth-order valence-electron chi connectivity index (χ4n) is 1.43. The van der Waals surface area contributed by atoms with Crippen LogP contribution in [0, 0.1) is 6.92 Å². The van der Waals surface area contributed by atoms with Gasteiger partial charge in [-0.3, -0.25) is 4.98 Å². The number of rotatable bonds is 2. The standard InChI is InChI=1S/C12H16N4S/c1-8-7-13-6-5-9(8)10-14-11(17-16-10)15-12(2,3)4/h5-7H,1-4H3,(H,14,15,16). The Labute approximate surface area is 105 Å². The first-order chi connectivity index (χ1) is 7.96. The molecule has 4 nitrogen and oxygen atoms in total. The molecule has 0 spiro atoms. The smallest absolute Gasteiger partial charge is 0.203 e. The number of aromatic nitrogens is 3. The first-order valence-corrected chi connectivity index (χ1v) is 6.26. The lowest BCUT2D eigenvalue weighted by Gasteiger charge is -2.18. The Bertz CT molecular complexity index is 513. The van der Waals surface area contributed by atoms with Crippen LogP contribution < -0.4 is 5.32 Å². The lowest BCUT2D eigenvalue weighted by atomic mass is 10.1. The highest BCUT2D eigenvalue weighted by molar-refractivity contribution is 7.09. The number of pyridine rings is 1. The SMILES string of the molecule is Cc1cnccc1-c1nsc(NC(C)(C)C)n1. The summed E-state index contributed by atoms with van der Waals surface area (Å²) in [6.07, 6.45) is 3.59. The maximum atomic E-state index is 4.50. The van der Waals surface area contributed by atoms with Crippen LogP contribution in [0.1, 0.15) is 26.3 Å². The minimum atomic E-state index is 0.00406. The number of hydrogen-bond acceptors (Lipinski definition) is 5. The Kier molecular flexibility index (Phi) is 3.11. The van der Waals surface area contributed by atoms with Crippen LogP contribution in [0.3, 0.4) is 0 Å². The van der Waals surface area contributed by atoms with Crippen molar-refractivity contribution in [3.63, 3.8) is 0 Å². The molecule has 0 saturated heterocycles. The summed E-state index contributed by atoms with van der Waals surface area (Å²) in [5.74, 6) is 0.765. The van der Waals surface area contributed by atoms with E-state index < -0.39 is 0 Å². The molecule has 2 aromatic heterocycles. The van der Waals surface area contributed by atoms with E-state index in [0.29, 0.717) is 0 Å². The Morgan fingerprint density at radius 1 is 1.29 bits per heavy atom. The van der Waals surface area contributed by atoms with Crippen LogP contribution in [0.15, 0.2) is 18.5 Å². The molecule has 0 aromatic carbocycles. The summed E-state index contributed by atoms with van der Waals surface area (Å²) in [6.45, 7) is 8.32. The number of anilines is 1. The van der Waals surface area contributed by atoms with Crippen molar-refractivity contribution in [1.29, 1.82) is 0 Å². The van der Waals surface area contributed by atoms with Crippen molar-refractivity contribution < 1.29 is 0 Å². The Hall–Kier alpha value is -1.49. The number of nitrogens with zero attached hydrogens (tertiary/aromatic N) is 3. The van der Waals surface area contributed by atoms with E-state index in [1.165, 1.54) is 11.5 Å². The van der Waals surface area contributed by atoms with Crippen LogP contribution in [-0.2, 0) is 0 Å². The molecule has 0 saturated carbocycles. The van der Waals surface area contributed by atoms with Crippen LogP contribution in [0.4, 0.5) is 5.13 Å². The summed E-state index contributed by atoms with van der Waals surface area (Å²) >= 11 is 1.39. The van der Waals surface area contributed by atoms with Gasteiger partial charge in [0.25, 0.3) is 0 Å². The second-order valence-electron chi connectivity index (χ2n) is 4.99. The molecule has 0 fully saturated rings. The highest BCUT2D eigenvalue weighted by atomic mass is 32.1. The second kappa shape index (κ2) is 4.41. The van der Waals surface area contributed by atoms with Gasteiger partial charge in [0, 0.05) is 35.0 Å². The summed E-state index contributed by atoms with van der Waals surface area (Å²) in [6, 6.07) is 1.94. The van der Waals surface area contributed by atoms with E-state index in [2.05, 4.69) is 40.4 Å². The third kappa shape index (κ3) is 3.00. The van der Waals surface area contributed by atoms with E-state index in [4.69, 9.17) is 0 Å². The summed E-state index contributed by atoms with van der Waals surface area (Å²) in [7, 11) is 0. The van der Waals surface area contributed by atoms with Gasteiger partial charge in [0.15, 0.2) is 5.82 Å². The van der Waals surface area contributed by atoms with E-state index in [1.807, 2.05) is 19.2 Å². The van der Waals surface area contributed by atoms with E-state index in [1.54, 1.807) is 6.20 Å². The summed E-state index contributed by atoms with van der Waals surface area (Å²) in [5.41, 5.74) is 2.13. The van der Waals surface area contributed by atoms with E-state index in [-0.39, 0.29) is 5.54 Å². The molecular formula is C12H16N4S. The third-order valence-electron chi connectivity index (χ3n) is 2.17. The van der Waals surface area contributed by atoms with Crippen molar-refractivity contribution in [2.24, 2.45) is 0 Å². The topological polar surface area (TPSA) is 50.7 Å². The minimum absolute atomic E-state index is 0.00406. The van der Waals surface area contributed by atoms with Crippen LogP contribution in [0.2, 0.25) is 0 Å². The maximum absolute atomic E-state index is 4.50. The number of aryl methyl sites for hydroxylation is 1. The average Bonchev–Trinajstić information content (AvgIpc) is 2.64. The lowest BCUT2D eigenvalue weighted by Crippen LogP contribution is -2.25. The van der Waals surface area contributed by atoms with Crippen molar-refractivity contribution in [3.05, 3.63) is 24.0 Å². The zero-order chi connectivity index (χ0) is 12.5. The molecule has 1 N–H and O–H groups in total. The van der Waals surface area contributed by atoms with Crippen molar-refractivity contribution >= 4 is 16.7 Å². The number of hydrogen-bond donors (Lipinski definition) is 1. The van der Waals surface area contributed by atoms with Gasteiger partial charge in [-0.2, -0.15) is 9.36 Å². The van der Waals surface area contributed by atoms with Gasteiger partial charge in [-0.1, -0.05) is 0 Å². The molecule has 0 unspecified atom stereocenters. The van der Waals surface area contributed by atoms with E-state index >= 15 is 0 Å². The molecule has 0 aliphatic heterocycles. The van der Waals surface area contributed by atoms with Gasteiger partial charge in [-0.05, 0) is 39.3 Å². The normalized spacial score (nSPS) is 11.5. The Balaban J connectivity index is 2.28. The van der Waals surface area contributed by atoms with Crippen LogP contribution in [0.25, 0.3) is 11.4 Å². The van der Waals surface area contributed by atoms with Gasteiger partial charge >= 0.3 is 0 Å². The largest absolute Gasteiger partial charge is 0.356 e. The van der Waals surface area contributed by atoms with E-state index in [9.17, 15) is 0 Å². The monoisotopic (exact) mass is 248 g/mol. The maximum Gasteiger partial charge on any atom is 0.203 e. The van der Waals surface area contributed by atoms with Crippen LogP contribution in [-0.4, -0.2) is 19.9 Å². The predicted octanol–water partition coefficient (Wildman–Crippen LogP) is 3.12. The van der Waals surface area contributed by atoms with Crippen molar-refractivity contribution in [1.82, 2.24) is 14.3 Å². The molecule has 0 bridgehead atoms. The molecule has 0 aliphatic carbocycles. The van der Waals surface area contributed by atoms with Crippen molar-refractivity contribution in [2.75, 3.05) is 5.32 Å². The van der Waals surface area contributed by atoms with Gasteiger partial charge in [-0.25, -0.2) is 0 Å². The molecule has 0 aliphatic rings. The molecule has 2 heterocycles. The minimum Gasteiger partial charge on any atom is -0.356 e. The van der Waals surface area contributed by atoms with E-state index in [0.717, 1.165) is 22.1 Å². The first kappa shape index (κ1) is 12.0. The third-order valence-corrected chi connectivity index (χ3v) is 2.80.